The van der Waals surface area contributed by atoms with Crippen molar-refractivity contribution in [1.29, 1.82) is 5.41 Å². The van der Waals surface area contributed by atoms with Crippen LogP contribution in [0, 0.1) is 8.98 Å². The first-order chi connectivity index (χ1) is 8.47. The van der Waals surface area contributed by atoms with Crippen LogP contribution in [0.4, 0.5) is 0 Å². The van der Waals surface area contributed by atoms with Crippen molar-refractivity contribution in [3.8, 4) is 0 Å². The normalized spacial score (nSPS) is 18.3. The zero-order valence-electron chi connectivity index (χ0n) is 10.6. The summed E-state index contributed by atoms with van der Waals surface area (Å²) < 4.78 is 11.9. The van der Waals surface area contributed by atoms with Crippen LogP contribution < -0.4 is 0 Å². The molecule has 18 heavy (non-hydrogen) atoms. The molecular formula is C13H16INO3. The van der Waals surface area contributed by atoms with Crippen LogP contribution in [0.15, 0.2) is 24.3 Å². The van der Waals surface area contributed by atoms with Gasteiger partial charge in [0, 0.05) is 0 Å². The molecule has 1 N–H and O–H groups in total. The maximum atomic E-state index is 11.7. The zero-order valence-corrected chi connectivity index (χ0v) is 12.8. The molecule has 1 heterocycles. The molecule has 1 aromatic carbocycles. The number of benzene rings is 1. The Morgan fingerprint density at radius 1 is 1.44 bits per heavy atom. The molecule has 0 atom stereocenters. The Kier molecular flexibility index (Phi) is 3.72. The van der Waals surface area contributed by atoms with Gasteiger partial charge < -0.3 is 0 Å². The first kappa shape index (κ1) is 13.5. The van der Waals surface area contributed by atoms with Crippen LogP contribution in [0.1, 0.15) is 26.3 Å². The van der Waals surface area contributed by atoms with Crippen molar-refractivity contribution in [2.75, 3.05) is 6.61 Å². The van der Waals surface area contributed by atoms with E-state index in [2.05, 4.69) is 0 Å². The van der Waals surface area contributed by atoms with Gasteiger partial charge >= 0.3 is 114 Å². The van der Waals surface area contributed by atoms with E-state index in [9.17, 15) is 4.79 Å². The maximum absolute atomic E-state index is 11.7. The number of hydrogen-bond donors (Lipinski definition) is 1. The second kappa shape index (κ2) is 4.97. The Bertz CT molecular complexity index is 499. The van der Waals surface area contributed by atoms with E-state index < -0.39 is 31.8 Å². The Balaban J connectivity index is 2.33. The second-order valence-electron chi connectivity index (χ2n) is 4.35. The first-order valence-electron chi connectivity index (χ1n) is 5.72. The van der Waals surface area contributed by atoms with Crippen molar-refractivity contribution in [1.82, 2.24) is 0 Å². The van der Waals surface area contributed by atoms with Gasteiger partial charge in [0.15, 0.2) is 0 Å². The van der Waals surface area contributed by atoms with E-state index >= 15 is 0 Å². The van der Waals surface area contributed by atoms with E-state index in [-0.39, 0.29) is 10.3 Å². The van der Waals surface area contributed by atoms with Crippen LogP contribution in [0.25, 0.3) is 0 Å². The summed E-state index contributed by atoms with van der Waals surface area (Å²) in [6, 6.07) is 7.85. The number of nitrogens with one attached hydrogen (secondary N) is 1. The third kappa shape index (κ3) is 2.29. The Morgan fingerprint density at radius 3 is 2.78 bits per heavy atom. The molecule has 1 aliphatic heterocycles. The van der Waals surface area contributed by atoms with E-state index in [4.69, 9.17) is 13.2 Å². The molecule has 0 saturated heterocycles. The van der Waals surface area contributed by atoms with Gasteiger partial charge in [0.2, 0.25) is 0 Å². The van der Waals surface area contributed by atoms with E-state index in [1.54, 1.807) is 6.92 Å². The molecule has 0 bridgehead atoms. The number of halogens is 1. The first-order valence-corrected chi connectivity index (χ1v) is 8.76. The van der Waals surface area contributed by atoms with Crippen molar-refractivity contribution in [3.63, 3.8) is 0 Å². The molecular weight excluding hydrogens is 345 g/mol. The zero-order chi connectivity index (χ0) is 13.3. The fourth-order valence-electron chi connectivity index (χ4n) is 1.78. The van der Waals surface area contributed by atoms with E-state index in [1.807, 2.05) is 38.1 Å². The van der Waals surface area contributed by atoms with Gasteiger partial charge in [-0.15, -0.1) is 0 Å². The summed E-state index contributed by atoms with van der Waals surface area (Å²) in [5.41, 5.74) is 0.671. The minimum absolute atomic E-state index is 0.0130. The number of hydrogen-bond acceptors (Lipinski definition) is 4. The topological polar surface area (TPSA) is 59.4 Å². The number of carbonyl (C=O) groups is 1. The van der Waals surface area contributed by atoms with Gasteiger partial charge in [-0.25, -0.2) is 0 Å². The summed E-state index contributed by atoms with van der Waals surface area (Å²) in [5.74, 6) is -0.546. The second-order valence-corrected chi connectivity index (χ2v) is 8.45. The van der Waals surface area contributed by atoms with Gasteiger partial charge in [-0.3, -0.25) is 0 Å². The number of carbonyl (C=O) groups excluding carboxylic acids is 1. The van der Waals surface area contributed by atoms with Gasteiger partial charge in [-0.2, -0.15) is 0 Å². The van der Waals surface area contributed by atoms with E-state index in [0.717, 1.165) is 9.13 Å². The fraction of sp³-hybridized carbons (Fsp3) is 0.385. The van der Waals surface area contributed by atoms with Crippen molar-refractivity contribution in [2.45, 2.75) is 26.4 Å². The number of esters is 1. The van der Waals surface area contributed by atoms with Gasteiger partial charge in [0.1, 0.15) is 0 Å². The van der Waals surface area contributed by atoms with Gasteiger partial charge in [-0.1, -0.05) is 0 Å². The molecule has 0 aliphatic carbocycles. The van der Waals surface area contributed by atoms with Crippen molar-refractivity contribution in [2.24, 2.45) is 0 Å². The van der Waals surface area contributed by atoms with E-state index in [1.165, 1.54) is 0 Å². The van der Waals surface area contributed by atoms with Gasteiger partial charge in [0.05, 0.1) is 0 Å². The molecule has 0 unspecified atom stereocenters. The molecule has 1 aromatic rings. The molecule has 1 aliphatic rings. The molecule has 0 fully saturated rings. The van der Waals surface area contributed by atoms with Crippen LogP contribution in [-0.4, -0.2) is 16.3 Å². The van der Waals surface area contributed by atoms with E-state index in [0.29, 0.717) is 0 Å². The fourth-order valence-corrected chi connectivity index (χ4v) is 6.60. The standard InChI is InChI=1S/C13H16INO3/c1-4-17-12(16)11(15)14-10-8-6-5-7-9(10)13(2,3)18-14/h5-8,15H,4H2,1-3H3. The Morgan fingerprint density at radius 2 is 2.11 bits per heavy atom. The molecule has 0 aromatic heterocycles. The average Bonchev–Trinajstić information content (AvgIpc) is 2.62. The molecule has 0 radical (unpaired) electrons. The Hall–Kier alpha value is -0.950. The summed E-state index contributed by atoms with van der Waals surface area (Å²) in [4.78, 5) is 11.7. The molecule has 98 valence electrons. The third-order valence-corrected chi connectivity index (χ3v) is 7.56. The molecule has 0 spiro atoms. The van der Waals surface area contributed by atoms with Crippen molar-refractivity contribution in [3.05, 3.63) is 33.4 Å². The number of rotatable bonds is 3. The summed E-state index contributed by atoms with van der Waals surface area (Å²) in [6.07, 6.45) is 0. The monoisotopic (exact) mass is 361 g/mol. The van der Waals surface area contributed by atoms with Gasteiger partial charge in [0.25, 0.3) is 0 Å². The summed E-state index contributed by atoms with van der Waals surface area (Å²) >= 11 is -2.38. The minimum atomic E-state index is -2.38. The van der Waals surface area contributed by atoms with Crippen LogP contribution in [0.2, 0.25) is 0 Å². The van der Waals surface area contributed by atoms with Crippen LogP contribution in [0.3, 0.4) is 0 Å². The summed E-state index contributed by atoms with van der Waals surface area (Å²) in [5, 5.41) is 7.97. The SMILES string of the molecule is CCOC(=O)C(=N)I1OC(C)(C)c2ccccc21. The molecule has 0 saturated carbocycles. The summed E-state index contributed by atoms with van der Waals surface area (Å²) in [7, 11) is 0. The predicted molar refractivity (Wildman–Crippen MR) is 77.6 cm³/mol. The average molecular weight is 361 g/mol. The van der Waals surface area contributed by atoms with Crippen LogP contribution >= 0.6 is 20.2 Å². The van der Waals surface area contributed by atoms with Crippen molar-refractivity contribution >= 4 is 29.9 Å². The number of fused-ring (bicyclic) bond motifs is 1. The molecule has 2 rings (SSSR count). The Labute approximate surface area is 114 Å². The van der Waals surface area contributed by atoms with Crippen LogP contribution in [-0.2, 0) is 18.2 Å². The van der Waals surface area contributed by atoms with Crippen molar-refractivity contribution < 1.29 is 12.6 Å². The molecule has 5 heteroatoms. The molecule has 0 amide bonds. The van der Waals surface area contributed by atoms with Gasteiger partial charge in [-0.05, 0) is 0 Å². The quantitative estimate of drug-likeness (QED) is 0.511. The third-order valence-electron chi connectivity index (χ3n) is 2.60. The van der Waals surface area contributed by atoms with Crippen LogP contribution in [0.5, 0.6) is 0 Å². The number of ether oxygens (including phenoxy) is 1. The molecule has 4 nitrogen and oxygen atoms in total. The predicted octanol–water partition coefficient (Wildman–Crippen LogP) is 3.08. The summed E-state index contributed by atoms with van der Waals surface area (Å²) in [6.45, 7) is 5.97.